The number of fused-ring (bicyclic) bond motifs is 1. The Morgan fingerprint density at radius 3 is 2.88 bits per heavy atom. The number of H-pyrrole nitrogens is 2. The maximum atomic E-state index is 11.8. The number of aromatic nitrogens is 3. The second-order valence-corrected chi connectivity index (χ2v) is 3.59. The summed E-state index contributed by atoms with van der Waals surface area (Å²) >= 11 is 0. The minimum absolute atomic E-state index is 0.0747. The Hall–Kier alpha value is -2.36. The molecule has 0 radical (unpaired) electrons. The smallest absolute Gasteiger partial charge is 0.256 e. The van der Waals surface area contributed by atoms with Gasteiger partial charge in [0.1, 0.15) is 0 Å². The van der Waals surface area contributed by atoms with Gasteiger partial charge in [0, 0.05) is 17.1 Å². The average Bonchev–Trinajstić information content (AvgIpc) is 2.82. The third-order valence-corrected chi connectivity index (χ3v) is 2.56. The summed E-state index contributed by atoms with van der Waals surface area (Å²) in [6, 6.07) is 9.46. The summed E-state index contributed by atoms with van der Waals surface area (Å²) in [5, 5.41) is 8.22. The number of hydrogen-bond acceptors (Lipinski definition) is 2. The molecule has 2 N–H and O–H groups in total. The van der Waals surface area contributed by atoms with Gasteiger partial charge in [0.05, 0.1) is 11.9 Å². The van der Waals surface area contributed by atoms with E-state index in [1.165, 1.54) is 0 Å². The molecule has 78 valence electrons. The molecule has 0 saturated heterocycles. The molecular formula is C12H9N3O. The lowest BCUT2D eigenvalue weighted by Crippen LogP contribution is -2.06. The maximum Gasteiger partial charge on any atom is 0.256 e. The third-order valence-electron chi connectivity index (χ3n) is 2.56. The van der Waals surface area contributed by atoms with Crippen LogP contribution in [0.2, 0.25) is 0 Å². The molecule has 0 aliphatic heterocycles. The van der Waals surface area contributed by atoms with Gasteiger partial charge in [-0.15, -0.1) is 0 Å². The number of pyridine rings is 1. The number of nitrogens with zero attached hydrogens (tertiary/aromatic N) is 1. The highest BCUT2D eigenvalue weighted by Gasteiger charge is 2.03. The lowest BCUT2D eigenvalue weighted by molar-refractivity contribution is 1.09. The van der Waals surface area contributed by atoms with Crippen LogP contribution in [0.4, 0.5) is 0 Å². The summed E-state index contributed by atoms with van der Waals surface area (Å²) in [5.41, 5.74) is 1.58. The Bertz CT molecular complexity index is 683. The van der Waals surface area contributed by atoms with Crippen LogP contribution in [0.1, 0.15) is 0 Å². The van der Waals surface area contributed by atoms with Gasteiger partial charge in [-0.2, -0.15) is 5.10 Å². The largest absolute Gasteiger partial charge is 0.321 e. The van der Waals surface area contributed by atoms with Crippen molar-refractivity contribution >= 4 is 10.8 Å². The molecule has 0 saturated carbocycles. The van der Waals surface area contributed by atoms with E-state index in [4.69, 9.17) is 0 Å². The molecule has 1 aromatic carbocycles. The Balaban J connectivity index is 2.34. The molecule has 4 nitrogen and oxygen atoms in total. The average molecular weight is 211 g/mol. The van der Waals surface area contributed by atoms with Crippen molar-refractivity contribution in [3.8, 4) is 11.3 Å². The Morgan fingerprint density at radius 1 is 1.19 bits per heavy atom. The van der Waals surface area contributed by atoms with Crippen LogP contribution in [0.15, 0.2) is 47.5 Å². The van der Waals surface area contributed by atoms with E-state index in [0.717, 1.165) is 16.6 Å². The fourth-order valence-electron chi connectivity index (χ4n) is 1.76. The first-order chi connectivity index (χ1) is 7.84. The Kier molecular flexibility index (Phi) is 1.86. The van der Waals surface area contributed by atoms with Crippen LogP contribution in [0.3, 0.4) is 0 Å². The molecule has 0 aliphatic rings. The number of aromatic amines is 2. The van der Waals surface area contributed by atoms with Crippen LogP contribution in [0.25, 0.3) is 22.0 Å². The zero-order valence-electron chi connectivity index (χ0n) is 8.40. The molecule has 0 atom stereocenters. The Morgan fingerprint density at radius 2 is 2.06 bits per heavy atom. The van der Waals surface area contributed by atoms with Gasteiger partial charge in [-0.3, -0.25) is 9.89 Å². The van der Waals surface area contributed by atoms with Gasteiger partial charge in [-0.1, -0.05) is 18.2 Å². The van der Waals surface area contributed by atoms with E-state index in [1.807, 2.05) is 30.3 Å². The minimum Gasteiger partial charge on any atom is -0.321 e. The summed E-state index contributed by atoms with van der Waals surface area (Å²) in [4.78, 5) is 14.6. The van der Waals surface area contributed by atoms with E-state index >= 15 is 0 Å². The molecular weight excluding hydrogens is 202 g/mol. The minimum atomic E-state index is -0.0747. The number of benzene rings is 1. The van der Waals surface area contributed by atoms with Crippen LogP contribution in [0, 0.1) is 0 Å². The molecule has 16 heavy (non-hydrogen) atoms. The Labute approximate surface area is 90.9 Å². The van der Waals surface area contributed by atoms with Gasteiger partial charge < -0.3 is 4.98 Å². The van der Waals surface area contributed by atoms with Crippen LogP contribution in [-0.2, 0) is 0 Å². The molecule has 3 aromatic rings. The summed E-state index contributed by atoms with van der Waals surface area (Å²) in [6.45, 7) is 0. The van der Waals surface area contributed by atoms with Crippen LogP contribution >= 0.6 is 0 Å². The number of rotatable bonds is 1. The molecule has 4 heteroatoms. The van der Waals surface area contributed by atoms with Gasteiger partial charge in [-0.25, -0.2) is 0 Å². The van der Waals surface area contributed by atoms with Crippen LogP contribution in [-0.4, -0.2) is 15.2 Å². The fraction of sp³-hybridized carbons (Fsp3) is 0. The predicted molar refractivity (Wildman–Crippen MR) is 62.2 cm³/mol. The van der Waals surface area contributed by atoms with Crippen molar-refractivity contribution in [1.29, 1.82) is 0 Å². The summed E-state index contributed by atoms with van der Waals surface area (Å²) in [6.07, 6.45) is 3.43. The van der Waals surface area contributed by atoms with Gasteiger partial charge >= 0.3 is 0 Å². The lowest BCUT2D eigenvalue weighted by Gasteiger charge is -2.00. The molecule has 0 amide bonds. The van der Waals surface area contributed by atoms with Gasteiger partial charge in [0.25, 0.3) is 5.56 Å². The van der Waals surface area contributed by atoms with Gasteiger partial charge in [-0.05, 0) is 17.5 Å². The highest BCUT2D eigenvalue weighted by molar-refractivity contribution is 5.84. The lowest BCUT2D eigenvalue weighted by atomic mass is 10.1. The molecule has 3 rings (SSSR count). The summed E-state index contributed by atoms with van der Waals surface area (Å²) in [7, 11) is 0. The SMILES string of the molecule is O=c1[nH]c(-c2cn[nH]c2)cc2ccccc12. The molecule has 0 aliphatic carbocycles. The molecule has 2 heterocycles. The summed E-state index contributed by atoms with van der Waals surface area (Å²) < 4.78 is 0. The molecule has 0 bridgehead atoms. The molecule has 0 fully saturated rings. The fourth-order valence-corrected chi connectivity index (χ4v) is 1.76. The van der Waals surface area contributed by atoms with Gasteiger partial charge in [0.15, 0.2) is 0 Å². The zero-order chi connectivity index (χ0) is 11.0. The number of nitrogens with one attached hydrogen (secondary N) is 2. The van der Waals surface area contributed by atoms with Crippen LogP contribution in [0.5, 0.6) is 0 Å². The standard InChI is InChI=1S/C12H9N3O/c16-12-10-4-2-1-3-8(10)5-11(15-12)9-6-13-14-7-9/h1-7H,(H,13,14)(H,15,16). The van der Waals surface area contributed by atoms with E-state index < -0.39 is 0 Å². The van der Waals surface area contributed by atoms with Crippen molar-refractivity contribution in [3.05, 3.63) is 53.1 Å². The highest BCUT2D eigenvalue weighted by Crippen LogP contribution is 2.17. The summed E-state index contributed by atoms with van der Waals surface area (Å²) in [5.74, 6) is 0. The van der Waals surface area contributed by atoms with Crippen LogP contribution < -0.4 is 5.56 Å². The van der Waals surface area contributed by atoms with E-state index in [0.29, 0.717) is 5.39 Å². The predicted octanol–water partition coefficient (Wildman–Crippen LogP) is 1.92. The van der Waals surface area contributed by atoms with Crippen molar-refractivity contribution in [2.24, 2.45) is 0 Å². The van der Waals surface area contributed by atoms with E-state index in [-0.39, 0.29) is 5.56 Å². The van der Waals surface area contributed by atoms with E-state index in [9.17, 15) is 4.79 Å². The first-order valence-electron chi connectivity index (χ1n) is 4.96. The zero-order valence-corrected chi connectivity index (χ0v) is 8.40. The van der Waals surface area contributed by atoms with Gasteiger partial charge in [0.2, 0.25) is 0 Å². The topological polar surface area (TPSA) is 61.5 Å². The van der Waals surface area contributed by atoms with Crippen molar-refractivity contribution in [1.82, 2.24) is 15.2 Å². The van der Waals surface area contributed by atoms with Crippen molar-refractivity contribution in [3.63, 3.8) is 0 Å². The third kappa shape index (κ3) is 1.32. The van der Waals surface area contributed by atoms with Crippen molar-refractivity contribution < 1.29 is 0 Å². The molecule has 0 unspecified atom stereocenters. The highest BCUT2D eigenvalue weighted by atomic mass is 16.1. The van der Waals surface area contributed by atoms with E-state index in [1.54, 1.807) is 12.4 Å². The monoisotopic (exact) mass is 211 g/mol. The van der Waals surface area contributed by atoms with E-state index in [2.05, 4.69) is 15.2 Å². The molecule has 2 aromatic heterocycles. The quantitative estimate of drug-likeness (QED) is 0.646. The first-order valence-corrected chi connectivity index (χ1v) is 4.96. The second kappa shape index (κ2) is 3.34. The maximum absolute atomic E-state index is 11.8. The first kappa shape index (κ1) is 8.91. The van der Waals surface area contributed by atoms with Crippen molar-refractivity contribution in [2.45, 2.75) is 0 Å². The number of hydrogen-bond donors (Lipinski definition) is 2. The van der Waals surface area contributed by atoms with Crippen molar-refractivity contribution in [2.75, 3.05) is 0 Å². The molecule has 0 spiro atoms. The normalized spacial score (nSPS) is 10.8. The second-order valence-electron chi connectivity index (χ2n) is 3.59.